The second-order valence-corrected chi connectivity index (χ2v) is 12.5. The van der Waals surface area contributed by atoms with Gasteiger partial charge in [-0.3, -0.25) is 0 Å². The fourth-order valence-electron chi connectivity index (χ4n) is 7.48. The number of rotatable bonds is 3. The highest BCUT2D eigenvalue weighted by Crippen LogP contribution is 2.41. The molecule has 0 aliphatic carbocycles. The van der Waals surface area contributed by atoms with Crippen LogP contribution in [0.3, 0.4) is 0 Å². The third-order valence-corrected chi connectivity index (χ3v) is 9.76. The van der Waals surface area contributed by atoms with Crippen LogP contribution < -0.4 is 0 Å². The first-order chi connectivity index (χ1) is 23.8. The Balaban J connectivity index is 1.11. The average Bonchev–Trinajstić information content (AvgIpc) is 3.91. The lowest BCUT2D eigenvalue weighted by atomic mass is 10.0. The van der Waals surface area contributed by atoms with E-state index >= 15 is 0 Å². The van der Waals surface area contributed by atoms with Crippen molar-refractivity contribution in [2.24, 2.45) is 0 Å². The first-order valence-corrected chi connectivity index (χ1v) is 16.1. The molecule has 5 aromatic heterocycles. The molecule has 0 saturated carbocycles. The number of para-hydroxylation sites is 2. The van der Waals surface area contributed by atoms with Gasteiger partial charge >= 0.3 is 0 Å². The first-order valence-electron chi connectivity index (χ1n) is 16.1. The number of imidazole rings is 1. The maximum absolute atomic E-state index is 6.44. The number of nitrogens with zero attached hydrogens (tertiary/aromatic N) is 3. The van der Waals surface area contributed by atoms with Crippen LogP contribution in [-0.2, 0) is 0 Å². The summed E-state index contributed by atoms with van der Waals surface area (Å²) < 4.78 is 17.2. The van der Waals surface area contributed by atoms with E-state index in [-0.39, 0.29) is 0 Å². The SMILES string of the molecule is c1ccc(-n2c3cc(-c4ccc5oc6c(ccc7c8ccccc8oc76)c5c4)ccc3c3ccc(-c4cn5ccccc5n4)cc32)cc1. The van der Waals surface area contributed by atoms with Crippen LogP contribution in [0.4, 0.5) is 0 Å². The van der Waals surface area contributed by atoms with Crippen LogP contribution in [0.5, 0.6) is 0 Å². The lowest BCUT2D eigenvalue weighted by molar-refractivity contribution is 0.633. The van der Waals surface area contributed by atoms with Gasteiger partial charge in [0.15, 0.2) is 11.2 Å². The zero-order valence-electron chi connectivity index (χ0n) is 25.6. The van der Waals surface area contributed by atoms with Crippen molar-refractivity contribution in [3.05, 3.63) is 152 Å². The van der Waals surface area contributed by atoms with Crippen molar-refractivity contribution in [1.29, 1.82) is 0 Å². The second-order valence-electron chi connectivity index (χ2n) is 12.5. The number of furan rings is 2. The fourth-order valence-corrected chi connectivity index (χ4v) is 7.48. The van der Waals surface area contributed by atoms with Crippen molar-refractivity contribution in [1.82, 2.24) is 14.0 Å². The highest BCUT2D eigenvalue weighted by Gasteiger charge is 2.18. The molecule has 5 nitrogen and oxygen atoms in total. The van der Waals surface area contributed by atoms with Gasteiger partial charge in [-0.1, -0.05) is 72.8 Å². The molecule has 11 rings (SSSR count). The molecule has 48 heavy (non-hydrogen) atoms. The number of hydrogen-bond donors (Lipinski definition) is 0. The third-order valence-electron chi connectivity index (χ3n) is 9.76. The Hall–Kier alpha value is -6.59. The van der Waals surface area contributed by atoms with E-state index in [0.717, 1.165) is 88.6 Å². The van der Waals surface area contributed by atoms with Gasteiger partial charge in [-0.25, -0.2) is 4.98 Å². The molecule has 0 aliphatic rings. The maximum Gasteiger partial charge on any atom is 0.178 e. The van der Waals surface area contributed by atoms with E-state index in [0.29, 0.717) is 0 Å². The van der Waals surface area contributed by atoms with Gasteiger partial charge in [0.05, 0.1) is 16.7 Å². The van der Waals surface area contributed by atoms with E-state index in [9.17, 15) is 0 Å². The quantitative estimate of drug-likeness (QED) is 0.199. The summed E-state index contributed by atoms with van der Waals surface area (Å²) in [6.45, 7) is 0. The van der Waals surface area contributed by atoms with Crippen LogP contribution >= 0.6 is 0 Å². The van der Waals surface area contributed by atoms with Crippen LogP contribution in [0, 0.1) is 0 Å². The van der Waals surface area contributed by atoms with E-state index in [2.05, 4.69) is 118 Å². The summed E-state index contributed by atoms with van der Waals surface area (Å²) in [7, 11) is 0. The summed E-state index contributed by atoms with van der Waals surface area (Å²) in [6.07, 6.45) is 4.13. The molecule has 0 aliphatic heterocycles. The van der Waals surface area contributed by atoms with Crippen LogP contribution in [0.25, 0.3) is 99.4 Å². The second kappa shape index (κ2) is 9.47. The molecule has 6 aromatic carbocycles. The molecular weight excluding hydrogens is 590 g/mol. The van der Waals surface area contributed by atoms with Crippen molar-refractivity contribution in [2.75, 3.05) is 0 Å². The van der Waals surface area contributed by atoms with Gasteiger partial charge in [0.25, 0.3) is 0 Å². The predicted octanol–water partition coefficient (Wildman–Crippen LogP) is 11.6. The molecule has 0 amide bonds. The Morgan fingerprint density at radius 3 is 1.90 bits per heavy atom. The fraction of sp³-hybridized carbons (Fsp3) is 0. The summed E-state index contributed by atoms with van der Waals surface area (Å²) >= 11 is 0. The van der Waals surface area contributed by atoms with Crippen LogP contribution in [0.15, 0.2) is 161 Å². The van der Waals surface area contributed by atoms with Crippen LogP contribution in [0.2, 0.25) is 0 Å². The Morgan fingerprint density at radius 2 is 1.08 bits per heavy atom. The molecule has 0 bridgehead atoms. The van der Waals surface area contributed by atoms with Gasteiger partial charge in [-0.05, 0) is 77.9 Å². The van der Waals surface area contributed by atoms with Gasteiger partial charge in [0.1, 0.15) is 16.8 Å². The van der Waals surface area contributed by atoms with E-state index in [4.69, 9.17) is 13.8 Å². The number of pyridine rings is 1. The zero-order valence-corrected chi connectivity index (χ0v) is 25.6. The zero-order chi connectivity index (χ0) is 31.3. The highest BCUT2D eigenvalue weighted by molar-refractivity contribution is 6.19. The monoisotopic (exact) mass is 615 g/mol. The molecule has 11 aromatic rings. The first kappa shape index (κ1) is 25.6. The summed E-state index contributed by atoms with van der Waals surface area (Å²) in [6, 6.07) is 49.1. The van der Waals surface area contributed by atoms with Crippen molar-refractivity contribution >= 4 is 71.3 Å². The standard InChI is InChI=1S/C43H25N3O2/c1-2-8-29(9-3-1)46-37-23-27(13-16-30(37)31-17-14-28(24-38(31)46)36-25-45-21-7-6-12-41(45)44-36)26-15-20-40-35(22-26)34-19-18-33-32-10-4-5-11-39(32)47-42(33)43(34)48-40/h1-25H. The molecule has 0 fully saturated rings. The van der Waals surface area contributed by atoms with E-state index in [1.54, 1.807) is 0 Å². The Labute approximate surface area is 273 Å². The lowest BCUT2D eigenvalue weighted by Crippen LogP contribution is -1.93. The topological polar surface area (TPSA) is 48.5 Å². The highest BCUT2D eigenvalue weighted by atomic mass is 16.4. The minimum absolute atomic E-state index is 0.789. The third kappa shape index (κ3) is 3.58. The van der Waals surface area contributed by atoms with Crippen LogP contribution in [0.1, 0.15) is 0 Å². The van der Waals surface area contributed by atoms with Gasteiger partial charge in [0, 0.05) is 56.0 Å². The summed E-state index contributed by atoms with van der Waals surface area (Å²) in [5.41, 5.74) is 12.0. The Kier molecular flexibility index (Phi) is 5.05. The summed E-state index contributed by atoms with van der Waals surface area (Å²) in [5.74, 6) is 0. The van der Waals surface area contributed by atoms with E-state index < -0.39 is 0 Å². The molecule has 0 N–H and O–H groups in total. The van der Waals surface area contributed by atoms with Crippen molar-refractivity contribution in [3.63, 3.8) is 0 Å². The van der Waals surface area contributed by atoms with Crippen molar-refractivity contribution in [2.45, 2.75) is 0 Å². The smallest absolute Gasteiger partial charge is 0.178 e. The molecule has 0 unspecified atom stereocenters. The number of aromatic nitrogens is 3. The molecule has 5 heteroatoms. The predicted molar refractivity (Wildman–Crippen MR) is 195 cm³/mol. The average molecular weight is 616 g/mol. The minimum atomic E-state index is 0.789. The molecule has 0 saturated heterocycles. The molecule has 0 radical (unpaired) electrons. The Bertz CT molecular complexity index is 3030. The molecule has 0 spiro atoms. The molecule has 0 atom stereocenters. The number of fused-ring (bicyclic) bond motifs is 11. The van der Waals surface area contributed by atoms with Crippen LogP contribution in [-0.4, -0.2) is 14.0 Å². The minimum Gasteiger partial charge on any atom is -0.452 e. The van der Waals surface area contributed by atoms with Crippen molar-refractivity contribution < 1.29 is 8.83 Å². The lowest BCUT2D eigenvalue weighted by Gasteiger charge is -2.09. The van der Waals surface area contributed by atoms with Gasteiger partial charge in [0.2, 0.25) is 0 Å². The molecular formula is C43H25N3O2. The number of benzene rings is 6. The summed E-state index contributed by atoms with van der Waals surface area (Å²) in [5, 5.41) is 6.72. The van der Waals surface area contributed by atoms with E-state index in [1.165, 1.54) is 10.8 Å². The molecule has 224 valence electrons. The largest absolute Gasteiger partial charge is 0.452 e. The van der Waals surface area contributed by atoms with Gasteiger partial charge < -0.3 is 17.8 Å². The van der Waals surface area contributed by atoms with E-state index in [1.807, 2.05) is 42.6 Å². The number of hydrogen-bond acceptors (Lipinski definition) is 3. The Morgan fingerprint density at radius 1 is 0.458 bits per heavy atom. The molecule has 5 heterocycles. The van der Waals surface area contributed by atoms with Crippen molar-refractivity contribution in [3.8, 4) is 28.1 Å². The maximum atomic E-state index is 6.44. The normalized spacial score (nSPS) is 12.2. The van der Waals surface area contributed by atoms with Gasteiger partial charge in [-0.15, -0.1) is 0 Å². The van der Waals surface area contributed by atoms with Gasteiger partial charge in [-0.2, -0.15) is 0 Å². The summed E-state index contributed by atoms with van der Waals surface area (Å²) in [4.78, 5) is 4.91.